The van der Waals surface area contributed by atoms with Gasteiger partial charge in [0.15, 0.2) is 0 Å². The van der Waals surface area contributed by atoms with Gasteiger partial charge in [-0.25, -0.2) is 0 Å². The molecule has 0 aromatic carbocycles. The summed E-state index contributed by atoms with van der Waals surface area (Å²) in [6, 6.07) is 0. The Hall–Kier alpha value is 0.370. The molecule has 0 saturated heterocycles. The second-order valence-corrected chi connectivity index (χ2v) is 4.99. The molecule has 0 unspecified atom stereocenters. The first-order chi connectivity index (χ1) is 3.00. The van der Waals surface area contributed by atoms with Gasteiger partial charge in [0.1, 0.15) is 8.03 Å². The van der Waals surface area contributed by atoms with Crippen molar-refractivity contribution in [2.45, 2.75) is 0 Å². The van der Waals surface area contributed by atoms with Gasteiger partial charge in [-0.15, -0.1) is 9.96 Å². The van der Waals surface area contributed by atoms with Crippen molar-refractivity contribution in [2.75, 3.05) is 0 Å². The Balaban J connectivity index is 3.00. The van der Waals surface area contributed by atoms with Gasteiger partial charge in [0.2, 0.25) is 0 Å². The zero-order chi connectivity index (χ0) is 4.24. The van der Waals surface area contributed by atoms with Crippen LogP contribution >= 0.6 is 23.4 Å². The lowest BCUT2D eigenvalue weighted by molar-refractivity contribution is 1.16. The van der Waals surface area contributed by atoms with Crippen LogP contribution in [0.2, 0.25) is 0 Å². The van der Waals surface area contributed by atoms with E-state index in [-0.39, 0.29) is 0 Å². The number of hydrogen-bond donors (Lipinski definition) is 0. The molecule has 2 nitrogen and oxygen atoms in total. The van der Waals surface area contributed by atoms with Crippen LogP contribution < -0.4 is 0 Å². The summed E-state index contributed by atoms with van der Waals surface area (Å²) < 4.78 is 0. The highest BCUT2D eigenvalue weighted by molar-refractivity contribution is 8.14. The molecular formula is CHN2P3. The molecular weight excluding hydrogens is 133 g/mol. The molecule has 6 heavy (non-hydrogen) atoms. The van der Waals surface area contributed by atoms with Gasteiger partial charge in [-0.05, 0) is 7.87 Å². The van der Waals surface area contributed by atoms with E-state index in [0.717, 1.165) is 8.03 Å². The fourth-order valence-corrected chi connectivity index (χ4v) is 2.35. The second-order valence-electron chi connectivity index (χ2n) is 0.615. The quantitative estimate of drug-likeness (QED) is 0.543. The standard InChI is InChI=1S/CHN2P3/c1-2-3-5-6-4-1/h1H. The lowest BCUT2D eigenvalue weighted by atomic mass is 11.7. The van der Waals surface area contributed by atoms with Crippen LogP contribution in [0, 0.1) is 0 Å². The predicted molar refractivity (Wildman–Crippen MR) is 29.6 cm³/mol. The maximum Gasteiger partial charge on any atom is 0.100 e. The van der Waals surface area contributed by atoms with Gasteiger partial charge in [-0.1, -0.05) is 0 Å². The minimum atomic E-state index is 1.09. The lowest BCUT2D eigenvalue weighted by Gasteiger charge is -1.65. The third kappa shape index (κ3) is 1.22. The van der Waals surface area contributed by atoms with Crippen molar-refractivity contribution in [1.29, 1.82) is 0 Å². The van der Waals surface area contributed by atoms with Crippen molar-refractivity contribution in [3.05, 3.63) is 5.93 Å². The highest BCUT2D eigenvalue weighted by Gasteiger charge is 1.63. The van der Waals surface area contributed by atoms with Gasteiger partial charge in [-0.2, -0.15) is 0 Å². The molecule has 30 valence electrons. The summed E-state index contributed by atoms with van der Waals surface area (Å²) in [6.45, 7) is 0. The van der Waals surface area contributed by atoms with Crippen LogP contribution in [0.15, 0.2) is 5.93 Å². The maximum absolute atomic E-state index is 3.70. The van der Waals surface area contributed by atoms with Crippen LogP contribution in [0.5, 0.6) is 0 Å². The fraction of sp³-hybridized carbons (Fsp3) is 0. The van der Waals surface area contributed by atoms with Crippen molar-refractivity contribution >= 4 is 23.4 Å². The molecule has 1 heterocycles. The molecule has 1 rings (SSSR count). The molecule has 0 saturated carbocycles. The number of aromatic nitrogens is 2. The molecule has 0 radical (unpaired) electrons. The number of nitrogens with zero attached hydrogens (tertiary/aromatic N) is 2. The first-order valence-electron chi connectivity index (χ1n) is 1.32. The minimum absolute atomic E-state index is 1.09. The van der Waals surface area contributed by atoms with Crippen LogP contribution in [0.3, 0.4) is 0 Å². The van der Waals surface area contributed by atoms with E-state index in [1.165, 1.54) is 15.4 Å². The number of hydrogen-bond acceptors (Lipinski definition) is 2. The Morgan fingerprint density at radius 3 is 2.67 bits per heavy atom. The van der Waals surface area contributed by atoms with E-state index in [0.29, 0.717) is 0 Å². The van der Waals surface area contributed by atoms with Crippen LogP contribution in [0.4, 0.5) is 0 Å². The summed E-state index contributed by atoms with van der Waals surface area (Å²) in [5, 5.41) is 3.65. The average molecular weight is 134 g/mol. The summed E-state index contributed by atoms with van der Waals surface area (Å²) in [7, 11) is 3.68. The lowest BCUT2D eigenvalue weighted by Crippen LogP contribution is -1.56. The molecule has 0 aliphatic carbocycles. The SMILES string of the molecule is c1nnppp1. The van der Waals surface area contributed by atoms with E-state index in [1.54, 1.807) is 5.93 Å². The first kappa shape index (κ1) is 4.53. The van der Waals surface area contributed by atoms with Gasteiger partial charge in [0.05, 0.1) is 5.93 Å². The molecule has 0 fully saturated rings. The van der Waals surface area contributed by atoms with E-state index >= 15 is 0 Å². The van der Waals surface area contributed by atoms with Crippen molar-refractivity contribution < 1.29 is 0 Å². The Morgan fingerprint density at radius 1 is 1.50 bits per heavy atom. The summed E-state index contributed by atoms with van der Waals surface area (Å²) in [5.41, 5.74) is 0. The van der Waals surface area contributed by atoms with Gasteiger partial charge >= 0.3 is 0 Å². The van der Waals surface area contributed by atoms with E-state index < -0.39 is 0 Å². The summed E-state index contributed by atoms with van der Waals surface area (Å²) in [6.07, 6.45) is 0. The predicted octanol–water partition coefficient (Wildman–Crippen LogP) is 2.22. The van der Waals surface area contributed by atoms with Gasteiger partial charge in [-0.3, -0.25) is 0 Å². The molecule has 0 amide bonds. The van der Waals surface area contributed by atoms with Crippen molar-refractivity contribution in [1.82, 2.24) is 9.96 Å². The molecule has 0 N–H and O–H groups in total. The molecule has 0 bridgehead atoms. The van der Waals surface area contributed by atoms with Gasteiger partial charge in [0.25, 0.3) is 0 Å². The Kier molecular flexibility index (Phi) is 1.91. The highest BCUT2D eigenvalue weighted by Crippen LogP contribution is 2.22. The molecule has 1 aromatic rings. The van der Waals surface area contributed by atoms with Crippen LogP contribution in [-0.2, 0) is 0 Å². The molecule has 1 aromatic heterocycles. The highest BCUT2D eigenvalue weighted by atomic mass is 32.1. The van der Waals surface area contributed by atoms with Gasteiger partial charge < -0.3 is 0 Å². The summed E-state index contributed by atoms with van der Waals surface area (Å²) in [4.78, 5) is 3.70. The Labute approximate surface area is 40.2 Å². The molecule has 0 aliphatic heterocycles. The largest absolute Gasteiger partial charge is 0.149 e. The van der Waals surface area contributed by atoms with Crippen LogP contribution in [0.1, 0.15) is 0 Å². The van der Waals surface area contributed by atoms with Crippen molar-refractivity contribution in [3.63, 3.8) is 0 Å². The minimum Gasteiger partial charge on any atom is -0.149 e. The van der Waals surface area contributed by atoms with Crippen LogP contribution in [0.25, 0.3) is 0 Å². The first-order valence-corrected chi connectivity index (χ1v) is 5.43. The summed E-state index contributed by atoms with van der Waals surface area (Å²) >= 11 is 0. The van der Waals surface area contributed by atoms with Gasteiger partial charge in [0, 0.05) is 7.55 Å². The zero-order valence-electron chi connectivity index (χ0n) is 2.81. The normalized spacial score (nSPS) is 12.0. The number of rotatable bonds is 0. The maximum atomic E-state index is 3.70. The Morgan fingerprint density at radius 2 is 2.50 bits per heavy atom. The third-order valence-corrected chi connectivity index (χ3v) is 3.61. The van der Waals surface area contributed by atoms with Crippen molar-refractivity contribution in [3.8, 4) is 0 Å². The van der Waals surface area contributed by atoms with E-state index in [9.17, 15) is 0 Å². The smallest absolute Gasteiger partial charge is 0.100 e. The van der Waals surface area contributed by atoms with Crippen LogP contribution in [-0.4, -0.2) is 9.96 Å². The van der Waals surface area contributed by atoms with E-state index in [2.05, 4.69) is 9.96 Å². The average Bonchev–Trinajstić information content (AvgIpc) is 1.72. The summed E-state index contributed by atoms with van der Waals surface area (Å²) in [5.74, 6) is 1.80. The monoisotopic (exact) mass is 134 g/mol. The molecule has 5 heteroatoms. The molecule has 0 atom stereocenters. The molecule has 0 spiro atoms. The van der Waals surface area contributed by atoms with Crippen molar-refractivity contribution in [2.24, 2.45) is 0 Å². The second kappa shape index (κ2) is 2.53. The van der Waals surface area contributed by atoms with E-state index in [4.69, 9.17) is 0 Å². The van der Waals surface area contributed by atoms with E-state index in [1.807, 2.05) is 0 Å². The third-order valence-electron chi connectivity index (χ3n) is 0.287. The Bertz CT molecular complexity index is 80.7. The zero-order valence-corrected chi connectivity index (χ0v) is 5.50. The topological polar surface area (TPSA) is 25.8 Å². The fourth-order valence-electron chi connectivity index (χ4n) is 0.133. The molecule has 0 aliphatic rings.